The normalized spacial score (nSPS) is 11.6. The molecule has 23 rings (SSSR count). The minimum absolute atomic E-state index is 1.11. The van der Waals surface area contributed by atoms with Gasteiger partial charge in [0.05, 0.1) is 22.1 Å². The zero-order valence-electron chi connectivity index (χ0n) is 63.2. The molecule has 0 spiro atoms. The summed E-state index contributed by atoms with van der Waals surface area (Å²) in [5.41, 5.74) is 25.8. The summed E-state index contributed by atoms with van der Waals surface area (Å²) in [7, 11) is 0. The van der Waals surface area contributed by atoms with Gasteiger partial charge in [0.25, 0.3) is 0 Å². The molecule has 6 heteroatoms. The first-order chi connectivity index (χ1) is 57.5. The van der Waals surface area contributed by atoms with Crippen LogP contribution in [0.3, 0.4) is 0 Å². The Morgan fingerprint density at radius 3 is 0.931 bits per heavy atom. The van der Waals surface area contributed by atoms with E-state index in [0.717, 1.165) is 34.1 Å². The van der Waals surface area contributed by atoms with Crippen molar-refractivity contribution >= 4 is 162 Å². The fourth-order valence-electron chi connectivity index (χ4n) is 17.5. The summed E-state index contributed by atoms with van der Waals surface area (Å²) in [6, 6.07) is 159. The number of hydrogen-bond acceptors (Lipinski definition) is 4. The molecule has 0 aliphatic heterocycles. The quantitative estimate of drug-likeness (QED) is 0.114. The van der Waals surface area contributed by atoms with Crippen molar-refractivity contribution in [1.29, 1.82) is 0 Å². The summed E-state index contributed by atoms with van der Waals surface area (Å²) in [5, 5.41) is 15.4. The third kappa shape index (κ3) is 12.1. The lowest BCUT2D eigenvalue weighted by Crippen LogP contribution is -2.10. The first-order valence-electron chi connectivity index (χ1n) is 39.6. The number of aromatic nitrogens is 2. The maximum atomic E-state index is 2.41. The van der Waals surface area contributed by atoms with E-state index >= 15 is 0 Å². The van der Waals surface area contributed by atoms with Crippen molar-refractivity contribution in [2.45, 2.75) is 0 Å². The smallest absolute Gasteiger partial charge is 0.0541 e. The van der Waals surface area contributed by atoms with Gasteiger partial charge in [-0.3, -0.25) is 0 Å². The lowest BCUT2D eigenvalue weighted by atomic mass is 9.97. The van der Waals surface area contributed by atoms with Crippen LogP contribution in [-0.4, -0.2) is 9.13 Å². The average molecular weight is 1510 g/mol. The molecule has 0 radical (unpaired) electrons. The highest BCUT2D eigenvalue weighted by atomic mass is 32.1. The van der Waals surface area contributed by atoms with E-state index in [0.29, 0.717) is 0 Å². The van der Waals surface area contributed by atoms with Crippen LogP contribution in [0.4, 0.5) is 34.1 Å². The molecule has 23 aromatic rings. The Balaban J connectivity index is 0.000000141. The van der Waals surface area contributed by atoms with E-state index in [1.54, 1.807) is 0 Å². The van der Waals surface area contributed by atoms with Crippen LogP contribution in [0.5, 0.6) is 0 Å². The highest BCUT2D eigenvalue weighted by Crippen LogP contribution is 2.48. The van der Waals surface area contributed by atoms with Crippen molar-refractivity contribution in [3.05, 3.63) is 437 Å². The predicted molar refractivity (Wildman–Crippen MR) is 499 cm³/mol. The second-order valence-corrected chi connectivity index (χ2v) is 32.0. The maximum absolute atomic E-state index is 2.41. The number of thiophene rings is 2. The van der Waals surface area contributed by atoms with Gasteiger partial charge in [0.15, 0.2) is 0 Å². The Morgan fingerprint density at radius 1 is 0.164 bits per heavy atom. The molecule has 4 heterocycles. The van der Waals surface area contributed by atoms with E-state index in [4.69, 9.17) is 0 Å². The van der Waals surface area contributed by atoms with Crippen molar-refractivity contribution < 1.29 is 0 Å². The molecule has 544 valence electrons. The van der Waals surface area contributed by atoms with Gasteiger partial charge in [0.1, 0.15) is 0 Å². The minimum atomic E-state index is 1.11. The number of nitrogens with zero attached hydrogens (tertiary/aromatic N) is 4. The molecule has 0 aliphatic rings. The van der Waals surface area contributed by atoms with E-state index in [2.05, 4.69) is 456 Å². The van der Waals surface area contributed by atoms with Crippen LogP contribution < -0.4 is 9.80 Å². The molecule has 0 saturated heterocycles. The first kappa shape index (κ1) is 68.2. The Labute approximate surface area is 680 Å². The number of rotatable bonds is 13. The molecule has 0 atom stereocenters. The molecule has 0 fully saturated rings. The maximum Gasteiger partial charge on any atom is 0.0541 e. The van der Waals surface area contributed by atoms with Gasteiger partial charge in [0.2, 0.25) is 0 Å². The van der Waals surface area contributed by atoms with Gasteiger partial charge in [-0.2, -0.15) is 0 Å². The van der Waals surface area contributed by atoms with E-state index in [1.807, 2.05) is 22.7 Å². The molecule has 0 bridgehead atoms. The van der Waals surface area contributed by atoms with Gasteiger partial charge < -0.3 is 18.9 Å². The van der Waals surface area contributed by atoms with Crippen LogP contribution in [0.15, 0.2) is 437 Å². The second kappa shape index (κ2) is 28.8. The molecular weight excluding hydrogens is 1440 g/mol. The zero-order valence-corrected chi connectivity index (χ0v) is 64.8. The van der Waals surface area contributed by atoms with Crippen LogP contribution in [0, 0.1) is 0 Å². The molecule has 116 heavy (non-hydrogen) atoms. The molecule has 0 unspecified atom stereocenters. The van der Waals surface area contributed by atoms with E-state index in [1.165, 1.54) is 173 Å². The zero-order chi connectivity index (χ0) is 76.6. The summed E-state index contributed by atoms with van der Waals surface area (Å²) in [6.07, 6.45) is 0. The lowest BCUT2D eigenvalue weighted by Gasteiger charge is -2.26. The molecule has 0 saturated carbocycles. The number of anilines is 6. The summed E-state index contributed by atoms with van der Waals surface area (Å²) < 4.78 is 10.0. The van der Waals surface area contributed by atoms with E-state index in [-0.39, 0.29) is 0 Å². The molecule has 0 N–H and O–H groups in total. The predicted octanol–water partition coefficient (Wildman–Crippen LogP) is 31.9. The fraction of sp³-hybridized carbons (Fsp3) is 0. The van der Waals surface area contributed by atoms with Crippen molar-refractivity contribution in [2.75, 3.05) is 9.80 Å². The molecule has 4 aromatic heterocycles. The van der Waals surface area contributed by atoms with Crippen LogP contribution in [-0.2, 0) is 0 Å². The highest BCUT2D eigenvalue weighted by molar-refractivity contribution is 7.27. The summed E-state index contributed by atoms with van der Waals surface area (Å²) in [5.74, 6) is 0. The summed E-state index contributed by atoms with van der Waals surface area (Å²) >= 11 is 3.77. The van der Waals surface area contributed by atoms with Gasteiger partial charge in [-0.15, -0.1) is 22.7 Å². The highest BCUT2D eigenvalue weighted by Gasteiger charge is 2.22. The van der Waals surface area contributed by atoms with Gasteiger partial charge >= 0.3 is 0 Å². The van der Waals surface area contributed by atoms with Crippen molar-refractivity contribution in [3.63, 3.8) is 0 Å². The molecular formula is C110H72N4S2. The number of para-hydroxylation sites is 4. The minimum Gasteiger partial charge on any atom is -0.310 e. The van der Waals surface area contributed by atoms with Gasteiger partial charge in [-0.05, 0) is 229 Å². The third-order valence-corrected chi connectivity index (χ3v) is 25.6. The van der Waals surface area contributed by atoms with E-state index < -0.39 is 0 Å². The van der Waals surface area contributed by atoms with Gasteiger partial charge in [0, 0.05) is 107 Å². The Morgan fingerprint density at radius 2 is 0.474 bits per heavy atom. The van der Waals surface area contributed by atoms with Gasteiger partial charge in [-0.25, -0.2) is 0 Å². The SMILES string of the molecule is c1ccc(-c2ccc(N(c3ccc(-c4ccc5c(c4)c4ccccc4n5-c4ccccc4)cc3)c3ccc4sc5c6ccccc6ccc5c4c3)cc2)cc1.c1ccc(-c2ccc(N(c3cccc(-c4cccc(-c5ccc6c(c5)c5ccccc5n6-c5ccccc5)c4)c3)c3ccc4sc5c6ccccc6ccc5c4c3)cc2)cc1. The van der Waals surface area contributed by atoms with Crippen LogP contribution >= 0.6 is 22.7 Å². The molecule has 19 aromatic carbocycles. The van der Waals surface area contributed by atoms with Crippen molar-refractivity contribution in [3.8, 4) is 67.0 Å². The molecule has 4 nitrogen and oxygen atoms in total. The largest absolute Gasteiger partial charge is 0.310 e. The number of benzene rings is 19. The van der Waals surface area contributed by atoms with Crippen molar-refractivity contribution in [2.24, 2.45) is 0 Å². The lowest BCUT2D eigenvalue weighted by molar-refractivity contribution is 1.18. The Kier molecular flexibility index (Phi) is 16.9. The van der Waals surface area contributed by atoms with Gasteiger partial charge in [-0.1, -0.05) is 285 Å². The Bertz CT molecular complexity index is 7670. The summed E-state index contributed by atoms with van der Waals surface area (Å²) in [4.78, 5) is 4.79. The standard InChI is InChI=1S/C58H38N2S.C52H34N2S/c1-3-13-39(14-4-1)40-25-29-47(30-26-40)59(49-31-34-57-54(38-49)52-32-27-41-15-7-8-22-50(41)58(52)61-57)48-21-12-18-44(36-48)42-16-11-17-43(35-42)45-28-33-56-53(37-45)51-23-9-10-24-55(51)60(56)46-19-5-2-6-20-46;1-3-11-35(12-4-1)36-19-25-41(26-20-36)53(43-29-32-51-48(34-43)46-30-23-38-13-7-8-16-44(38)52(46)55-51)42-27-21-37(22-28-42)39-24-31-50-47(33-39)45-17-9-10-18-49(45)54(50)40-14-5-2-6-15-40/h1-38H;1-34H. The number of fused-ring (bicyclic) bond motifs is 16. The van der Waals surface area contributed by atoms with Crippen LogP contribution in [0.2, 0.25) is 0 Å². The Hall–Kier alpha value is -14.7. The first-order valence-corrected chi connectivity index (χ1v) is 41.2. The van der Waals surface area contributed by atoms with Crippen molar-refractivity contribution in [1.82, 2.24) is 9.13 Å². The third-order valence-electron chi connectivity index (χ3n) is 23.1. The number of hydrogen-bond donors (Lipinski definition) is 0. The topological polar surface area (TPSA) is 16.3 Å². The molecule has 0 aliphatic carbocycles. The fourth-order valence-corrected chi connectivity index (χ4v) is 20.0. The molecule has 0 amide bonds. The van der Waals surface area contributed by atoms with Crippen LogP contribution in [0.1, 0.15) is 0 Å². The second-order valence-electron chi connectivity index (χ2n) is 29.9. The average Bonchev–Trinajstić information content (AvgIpc) is 1.60. The van der Waals surface area contributed by atoms with Crippen LogP contribution in [0.25, 0.3) is 173 Å². The monoisotopic (exact) mass is 1510 g/mol. The van der Waals surface area contributed by atoms with E-state index in [9.17, 15) is 0 Å². The summed E-state index contributed by atoms with van der Waals surface area (Å²) in [6.45, 7) is 0.